The molecule has 0 radical (unpaired) electrons. The van der Waals surface area contributed by atoms with Crippen molar-refractivity contribution in [2.75, 3.05) is 26.2 Å². The fraction of sp³-hybridized carbons (Fsp3) is 0.600. The molecule has 0 unspecified atom stereocenters. The van der Waals surface area contributed by atoms with Gasteiger partial charge in [0.25, 0.3) is 5.91 Å². The average molecular weight is 358 g/mol. The van der Waals surface area contributed by atoms with Crippen molar-refractivity contribution in [2.45, 2.75) is 45.1 Å². The molecule has 2 fully saturated rings. The highest BCUT2D eigenvalue weighted by Gasteiger charge is 2.18. The van der Waals surface area contributed by atoms with E-state index in [4.69, 9.17) is 0 Å². The number of likely N-dealkylation sites (tertiary alicyclic amines) is 1. The first-order valence-electron chi connectivity index (χ1n) is 9.83. The summed E-state index contributed by atoms with van der Waals surface area (Å²) in [5.74, 6) is 0.848. The minimum atomic E-state index is 0.0948. The lowest BCUT2D eigenvalue weighted by atomic mass is 10.0. The Bertz CT molecular complexity index is 590. The minimum Gasteiger partial charge on any atom is -0.352 e. The predicted octanol–water partition coefficient (Wildman–Crippen LogP) is 1.82. The summed E-state index contributed by atoms with van der Waals surface area (Å²) in [6, 6.07) is 7.62. The van der Waals surface area contributed by atoms with Gasteiger partial charge >= 0.3 is 0 Å². The van der Waals surface area contributed by atoms with E-state index in [0.29, 0.717) is 18.9 Å². The Kier molecular flexibility index (Phi) is 7.03. The van der Waals surface area contributed by atoms with Crippen LogP contribution >= 0.6 is 0 Å². The largest absolute Gasteiger partial charge is 0.352 e. The van der Waals surface area contributed by atoms with Crippen LogP contribution in [-0.2, 0) is 11.3 Å². The number of rotatable bonds is 7. The quantitative estimate of drug-likeness (QED) is 0.695. The van der Waals surface area contributed by atoms with Crippen LogP contribution in [0.15, 0.2) is 24.3 Å². The van der Waals surface area contributed by atoms with E-state index in [1.807, 2.05) is 29.2 Å². The van der Waals surface area contributed by atoms with Gasteiger partial charge in [0.05, 0.1) is 0 Å². The third-order valence-corrected chi connectivity index (χ3v) is 5.26. The highest BCUT2D eigenvalue weighted by atomic mass is 16.2. The first kappa shape index (κ1) is 18.9. The van der Waals surface area contributed by atoms with Gasteiger partial charge in [-0.3, -0.25) is 20.4 Å². The second-order valence-corrected chi connectivity index (χ2v) is 7.35. The molecule has 2 aliphatic heterocycles. The summed E-state index contributed by atoms with van der Waals surface area (Å²) >= 11 is 0. The normalized spacial score (nSPS) is 18.1. The van der Waals surface area contributed by atoms with Gasteiger partial charge in [0.15, 0.2) is 0 Å². The van der Waals surface area contributed by atoms with Crippen molar-refractivity contribution in [1.82, 2.24) is 21.1 Å². The van der Waals surface area contributed by atoms with Gasteiger partial charge in [0.2, 0.25) is 5.91 Å². The maximum Gasteiger partial charge on any atom is 0.253 e. The van der Waals surface area contributed by atoms with Crippen molar-refractivity contribution in [2.24, 2.45) is 5.92 Å². The number of hydrazine groups is 1. The number of piperidine rings is 1. The molecule has 0 aliphatic carbocycles. The molecule has 0 saturated carbocycles. The van der Waals surface area contributed by atoms with E-state index in [2.05, 4.69) is 16.2 Å². The molecule has 2 heterocycles. The zero-order chi connectivity index (χ0) is 18.2. The van der Waals surface area contributed by atoms with Crippen LogP contribution in [0.3, 0.4) is 0 Å². The molecule has 0 bridgehead atoms. The molecule has 142 valence electrons. The van der Waals surface area contributed by atoms with Crippen molar-refractivity contribution in [1.29, 1.82) is 0 Å². The van der Waals surface area contributed by atoms with E-state index in [1.54, 1.807) is 0 Å². The second kappa shape index (κ2) is 9.69. The molecule has 1 aromatic carbocycles. The van der Waals surface area contributed by atoms with Crippen molar-refractivity contribution in [3.63, 3.8) is 0 Å². The zero-order valence-corrected chi connectivity index (χ0v) is 15.4. The SMILES string of the molecule is O=C(CCCC1CNNC1)NCc1ccc(C(=O)N2CCCCC2)cc1. The number of hydrogen-bond donors (Lipinski definition) is 3. The summed E-state index contributed by atoms with van der Waals surface area (Å²) < 4.78 is 0. The Balaban J connectivity index is 1.38. The van der Waals surface area contributed by atoms with E-state index >= 15 is 0 Å². The summed E-state index contributed by atoms with van der Waals surface area (Å²) in [5, 5.41) is 2.97. The van der Waals surface area contributed by atoms with Crippen LogP contribution in [0.4, 0.5) is 0 Å². The summed E-state index contributed by atoms with van der Waals surface area (Å²) in [6.45, 7) is 4.23. The summed E-state index contributed by atoms with van der Waals surface area (Å²) in [7, 11) is 0. The van der Waals surface area contributed by atoms with Gasteiger partial charge in [-0.05, 0) is 55.7 Å². The van der Waals surface area contributed by atoms with Gasteiger partial charge in [0, 0.05) is 44.7 Å². The molecular formula is C20H30N4O2. The highest BCUT2D eigenvalue weighted by molar-refractivity contribution is 5.94. The number of nitrogens with zero attached hydrogens (tertiary/aromatic N) is 1. The van der Waals surface area contributed by atoms with Crippen molar-refractivity contribution in [3.05, 3.63) is 35.4 Å². The maximum absolute atomic E-state index is 12.5. The van der Waals surface area contributed by atoms with Gasteiger partial charge in [-0.15, -0.1) is 0 Å². The molecule has 0 atom stereocenters. The Morgan fingerprint density at radius 1 is 1.04 bits per heavy atom. The molecule has 0 spiro atoms. The lowest BCUT2D eigenvalue weighted by Gasteiger charge is -2.26. The first-order chi connectivity index (χ1) is 12.7. The molecule has 3 rings (SSSR count). The van der Waals surface area contributed by atoms with Crippen molar-refractivity contribution < 1.29 is 9.59 Å². The first-order valence-corrected chi connectivity index (χ1v) is 9.83. The summed E-state index contributed by atoms with van der Waals surface area (Å²) in [6.07, 6.45) is 5.98. The lowest BCUT2D eigenvalue weighted by molar-refractivity contribution is -0.121. The topological polar surface area (TPSA) is 73.5 Å². The minimum absolute atomic E-state index is 0.0948. The fourth-order valence-electron chi connectivity index (χ4n) is 3.59. The van der Waals surface area contributed by atoms with Gasteiger partial charge in [0.1, 0.15) is 0 Å². The van der Waals surface area contributed by atoms with E-state index < -0.39 is 0 Å². The monoisotopic (exact) mass is 358 g/mol. The molecule has 2 aliphatic rings. The third-order valence-electron chi connectivity index (χ3n) is 5.26. The molecule has 1 aromatic rings. The van der Waals surface area contributed by atoms with E-state index in [-0.39, 0.29) is 11.8 Å². The smallest absolute Gasteiger partial charge is 0.253 e. The van der Waals surface area contributed by atoms with Gasteiger partial charge in [-0.1, -0.05) is 12.1 Å². The van der Waals surface area contributed by atoms with Gasteiger partial charge in [-0.2, -0.15) is 0 Å². The number of nitrogens with one attached hydrogen (secondary N) is 3. The number of carbonyl (C=O) groups excluding carboxylic acids is 2. The van der Waals surface area contributed by atoms with Crippen LogP contribution in [0, 0.1) is 5.92 Å². The van der Waals surface area contributed by atoms with Crippen LogP contribution in [0.5, 0.6) is 0 Å². The summed E-state index contributed by atoms with van der Waals surface area (Å²) in [5.41, 5.74) is 7.99. The van der Waals surface area contributed by atoms with Crippen LogP contribution in [0.1, 0.15) is 54.4 Å². The van der Waals surface area contributed by atoms with Crippen LogP contribution < -0.4 is 16.2 Å². The number of benzene rings is 1. The fourth-order valence-corrected chi connectivity index (χ4v) is 3.59. The number of carbonyl (C=O) groups is 2. The molecule has 0 aromatic heterocycles. The molecule has 2 amide bonds. The highest BCUT2D eigenvalue weighted by Crippen LogP contribution is 2.14. The van der Waals surface area contributed by atoms with Crippen LogP contribution in [-0.4, -0.2) is 42.9 Å². The lowest BCUT2D eigenvalue weighted by Crippen LogP contribution is -2.35. The zero-order valence-electron chi connectivity index (χ0n) is 15.4. The predicted molar refractivity (Wildman–Crippen MR) is 101 cm³/mol. The van der Waals surface area contributed by atoms with E-state index in [0.717, 1.165) is 63.0 Å². The van der Waals surface area contributed by atoms with Crippen LogP contribution in [0.2, 0.25) is 0 Å². The van der Waals surface area contributed by atoms with E-state index in [9.17, 15) is 9.59 Å². The Hall–Kier alpha value is -1.92. The van der Waals surface area contributed by atoms with Crippen molar-refractivity contribution in [3.8, 4) is 0 Å². The number of hydrogen-bond acceptors (Lipinski definition) is 4. The molecular weight excluding hydrogens is 328 g/mol. The second-order valence-electron chi connectivity index (χ2n) is 7.35. The Morgan fingerprint density at radius 2 is 1.73 bits per heavy atom. The third kappa shape index (κ3) is 5.54. The Labute approximate surface area is 155 Å². The van der Waals surface area contributed by atoms with Gasteiger partial charge in [-0.25, -0.2) is 0 Å². The Morgan fingerprint density at radius 3 is 2.42 bits per heavy atom. The molecule has 6 nitrogen and oxygen atoms in total. The van der Waals surface area contributed by atoms with Crippen LogP contribution in [0.25, 0.3) is 0 Å². The molecule has 3 N–H and O–H groups in total. The van der Waals surface area contributed by atoms with Crippen molar-refractivity contribution >= 4 is 11.8 Å². The molecule has 6 heteroatoms. The maximum atomic E-state index is 12.5. The van der Waals surface area contributed by atoms with E-state index in [1.165, 1.54) is 6.42 Å². The average Bonchev–Trinajstić information content (AvgIpc) is 3.20. The standard InChI is InChI=1S/C20H30N4O2/c25-19(6-4-5-17-14-22-23-15-17)21-13-16-7-9-18(10-8-16)20(26)24-11-2-1-3-12-24/h7-10,17,22-23H,1-6,11-15H2,(H,21,25). The molecule has 26 heavy (non-hydrogen) atoms. The summed E-state index contributed by atoms with van der Waals surface area (Å²) in [4.78, 5) is 26.4. The number of amides is 2. The van der Waals surface area contributed by atoms with Gasteiger partial charge < -0.3 is 10.2 Å². The molecule has 2 saturated heterocycles.